The third-order valence-corrected chi connectivity index (χ3v) is 2.77. The molecule has 0 saturated carbocycles. The highest BCUT2D eigenvalue weighted by Gasteiger charge is 2.16. The van der Waals surface area contributed by atoms with E-state index < -0.39 is 5.97 Å². The van der Waals surface area contributed by atoms with E-state index in [9.17, 15) is 9.90 Å². The minimum atomic E-state index is -0.966. The van der Waals surface area contributed by atoms with E-state index in [4.69, 9.17) is 5.11 Å². The van der Waals surface area contributed by atoms with Crippen molar-refractivity contribution in [2.45, 2.75) is 26.7 Å². The van der Waals surface area contributed by atoms with E-state index in [1.165, 1.54) is 12.1 Å². The zero-order valence-electron chi connectivity index (χ0n) is 9.19. The third kappa shape index (κ3) is 2.49. The van der Waals surface area contributed by atoms with Crippen LogP contribution in [0.5, 0.6) is 5.75 Å². The standard InChI is InChI=1S/C12H16O3/c1-7(2)8(3)10-6-9(12(14)15)4-5-11(10)13/h4-8,13H,1-3H3,(H,14,15). The van der Waals surface area contributed by atoms with Crippen molar-refractivity contribution in [3.05, 3.63) is 29.3 Å². The number of rotatable bonds is 3. The van der Waals surface area contributed by atoms with Crippen molar-refractivity contribution in [2.24, 2.45) is 5.92 Å². The lowest BCUT2D eigenvalue weighted by molar-refractivity contribution is 0.0696. The van der Waals surface area contributed by atoms with Crippen LogP contribution in [0.1, 0.15) is 42.6 Å². The van der Waals surface area contributed by atoms with E-state index in [1.807, 2.05) is 20.8 Å². The monoisotopic (exact) mass is 208 g/mol. The second kappa shape index (κ2) is 4.34. The predicted octanol–water partition coefficient (Wildman–Crippen LogP) is 2.85. The molecule has 0 radical (unpaired) electrons. The summed E-state index contributed by atoms with van der Waals surface area (Å²) in [7, 11) is 0. The van der Waals surface area contributed by atoms with Crippen LogP contribution in [-0.4, -0.2) is 16.2 Å². The summed E-state index contributed by atoms with van der Waals surface area (Å²) in [6.45, 7) is 6.06. The SMILES string of the molecule is CC(C)C(C)c1cc(C(=O)O)ccc1O. The van der Waals surface area contributed by atoms with Crippen molar-refractivity contribution < 1.29 is 15.0 Å². The van der Waals surface area contributed by atoms with Crippen LogP contribution in [0.25, 0.3) is 0 Å². The van der Waals surface area contributed by atoms with Gasteiger partial charge in [-0.1, -0.05) is 20.8 Å². The van der Waals surface area contributed by atoms with Crippen LogP contribution in [0.15, 0.2) is 18.2 Å². The molecule has 0 aliphatic carbocycles. The zero-order valence-corrected chi connectivity index (χ0v) is 9.19. The molecule has 1 unspecified atom stereocenters. The molecular weight excluding hydrogens is 192 g/mol. The molecule has 15 heavy (non-hydrogen) atoms. The number of phenols is 1. The van der Waals surface area contributed by atoms with Crippen molar-refractivity contribution in [3.63, 3.8) is 0 Å². The van der Waals surface area contributed by atoms with Crippen molar-refractivity contribution in [3.8, 4) is 5.75 Å². The van der Waals surface area contributed by atoms with Gasteiger partial charge in [-0.25, -0.2) is 4.79 Å². The van der Waals surface area contributed by atoms with Crippen molar-refractivity contribution in [1.29, 1.82) is 0 Å². The van der Waals surface area contributed by atoms with Gasteiger partial charge >= 0.3 is 5.97 Å². The Morgan fingerprint density at radius 1 is 1.27 bits per heavy atom. The molecule has 0 aliphatic heterocycles. The first kappa shape index (κ1) is 11.6. The Hall–Kier alpha value is -1.51. The van der Waals surface area contributed by atoms with E-state index >= 15 is 0 Å². The maximum atomic E-state index is 10.8. The average Bonchev–Trinajstić information content (AvgIpc) is 2.16. The van der Waals surface area contributed by atoms with Gasteiger partial charge in [-0.15, -0.1) is 0 Å². The first-order chi connectivity index (χ1) is 6.93. The Morgan fingerprint density at radius 2 is 1.87 bits per heavy atom. The van der Waals surface area contributed by atoms with E-state index in [2.05, 4.69) is 0 Å². The molecule has 1 rings (SSSR count). The molecule has 3 nitrogen and oxygen atoms in total. The largest absolute Gasteiger partial charge is 0.508 e. The molecule has 1 atom stereocenters. The minimum absolute atomic E-state index is 0.143. The molecule has 0 fully saturated rings. The smallest absolute Gasteiger partial charge is 0.335 e. The quantitative estimate of drug-likeness (QED) is 0.803. The molecule has 0 aliphatic rings. The summed E-state index contributed by atoms with van der Waals surface area (Å²) >= 11 is 0. The van der Waals surface area contributed by atoms with Crippen LogP contribution >= 0.6 is 0 Å². The summed E-state index contributed by atoms with van der Waals surface area (Å²) < 4.78 is 0. The maximum absolute atomic E-state index is 10.8. The van der Waals surface area contributed by atoms with Gasteiger partial charge in [0.05, 0.1) is 5.56 Å². The van der Waals surface area contributed by atoms with Crippen molar-refractivity contribution in [1.82, 2.24) is 0 Å². The fraction of sp³-hybridized carbons (Fsp3) is 0.417. The van der Waals surface area contributed by atoms with Gasteiger partial charge in [-0.05, 0) is 35.6 Å². The summed E-state index contributed by atoms with van der Waals surface area (Å²) in [4.78, 5) is 10.8. The van der Waals surface area contributed by atoms with Gasteiger partial charge in [-0.3, -0.25) is 0 Å². The fourth-order valence-corrected chi connectivity index (χ4v) is 1.41. The van der Waals surface area contributed by atoms with Gasteiger partial charge in [-0.2, -0.15) is 0 Å². The van der Waals surface area contributed by atoms with Gasteiger partial charge in [0.1, 0.15) is 5.75 Å². The summed E-state index contributed by atoms with van der Waals surface area (Å²) in [5.41, 5.74) is 0.917. The molecule has 0 heterocycles. The Bertz CT molecular complexity index is 369. The van der Waals surface area contributed by atoms with Crippen LogP contribution in [0.3, 0.4) is 0 Å². The Balaban J connectivity index is 3.16. The third-order valence-electron chi connectivity index (χ3n) is 2.77. The number of carboxylic acids is 1. The van der Waals surface area contributed by atoms with Crippen LogP contribution in [-0.2, 0) is 0 Å². The number of carbonyl (C=O) groups is 1. The molecule has 2 N–H and O–H groups in total. The maximum Gasteiger partial charge on any atom is 0.335 e. The van der Waals surface area contributed by atoms with E-state index in [1.54, 1.807) is 6.07 Å². The molecule has 1 aromatic rings. The summed E-state index contributed by atoms with van der Waals surface area (Å²) in [5, 5.41) is 18.5. The number of hydrogen-bond acceptors (Lipinski definition) is 2. The van der Waals surface area contributed by atoms with Crippen LogP contribution < -0.4 is 0 Å². The second-order valence-electron chi connectivity index (χ2n) is 4.11. The predicted molar refractivity (Wildman–Crippen MR) is 58.3 cm³/mol. The van der Waals surface area contributed by atoms with Crippen LogP contribution in [0.4, 0.5) is 0 Å². The molecule has 0 bridgehead atoms. The second-order valence-corrected chi connectivity index (χ2v) is 4.11. The number of phenolic OH excluding ortho intramolecular Hbond substituents is 1. The van der Waals surface area contributed by atoms with Crippen LogP contribution in [0.2, 0.25) is 0 Å². The number of aromatic carboxylic acids is 1. The average molecular weight is 208 g/mol. The lowest BCUT2D eigenvalue weighted by Crippen LogP contribution is -2.05. The summed E-state index contributed by atoms with van der Waals surface area (Å²) in [5.74, 6) is -0.294. The first-order valence-corrected chi connectivity index (χ1v) is 4.99. The summed E-state index contributed by atoms with van der Waals surface area (Å²) in [6.07, 6.45) is 0. The topological polar surface area (TPSA) is 57.5 Å². The number of carboxylic acid groups (broad SMARTS) is 1. The van der Waals surface area contributed by atoms with Gasteiger partial charge < -0.3 is 10.2 Å². The molecule has 0 spiro atoms. The Kier molecular flexibility index (Phi) is 3.35. The molecule has 3 heteroatoms. The van der Waals surface area contributed by atoms with Gasteiger partial charge in [0.15, 0.2) is 0 Å². The number of benzene rings is 1. The van der Waals surface area contributed by atoms with E-state index in [-0.39, 0.29) is 17.2 Å². The van der Waals surface area contributed by atoms with Gasteiger partial charge in [0, 0.05) is 0 Å². The number of hydrogen-bond donors (Lipinski definition) is 2. The molecule has 82 valence electrons. The fourth-order valence-electron chi connectivity index (χ4n) is 1.41. The highest BCUT2D eigenvalue weighted by molar-refractivity contribution is 5.88. The molecule has 0 saturated heterocycles. The highest BCUT2D eigenvalue weighted by Crippen LogP contribution is 2.31. The lowest BCUT2D eigenvalue weighted by atomic mass is 9.89. The molecular formula is C12H16O3. The number of aromatic hydroxyl groups is 1. The lowest BCUT2D eigenvalue weighted by Gasteiger charge is -2.17. The summed E-state index contributed by atoms with van der Waals surface area (Å²) in [6, 6.07) is 4.40. The molecule has 0 aromatic heterocycles. The van der Waals surface area contributed by atoms with Gasteiger partial charge in [0.25, 0.3) is 0 Å². The molecule has 0 amide bonds. The van der Waals surface area contributed by atoms with Crippen LogP contribution in [0, 0.1) is 5.92 Å². The zero-order chi connectivity index (χ0) is 11.6. The van der Waals surface area contributed by atoms with Crippen molar-refractivity contribution in [2.75, 3.05) is 0 Å². The first-order valence-electron chi connectivity index (χ1n) is 4.99. The minimum Gasteiger partial charge on any atom is -0.508 e. The Morgan fingerprint density at radius 3 is 2.33 bits per heavy atom. The van der Waals surface area contributed by atoms with E-state index in [0.29, 0.717) is 11.5 Å². The normalized spacial score (nSPS) is 12.8. The van der Waals surface area contributed by atoms with Crippen molar-refractivity contribution >= 4 is 5.97 Å². The molecule has 1 aromatic carbocycles. The van der Waals surface area contributed by atoms with E-state index in [0.717, 1.165) is 0 Å². The van der Waals surface area contributed by atoms with Gasteiger partial charge in [0.2, 0.25) is 0 Å². The highest BCUT2D eigenvalue weighted by atomic mass is 16.4. The Labute approximate surface area is 89.4 Å².